The lowest BCUT2D eigenvalue weighted by Crippen LogP contribution is -2.17. The second kappa shape index (κ2) is 4.25. The molecule has 0 aromatic carbocycles. The summed E-state index contributed by atoms with van der Waals surface area (Å²) in [6.45, 7) is 4.57. The van der Waals surface area contributed by atoms with Gasteiger partial charge in [-0.25, -0.2) is 0 Å². The van der Waals surface area contributed by atoms with Crippen molar-refractivity contribution in [2.75, 3.05) is 6.61 Å². The van der Waals surface area contributed by atoms with Crippen molar-refractivity contribution in [3.05, 3.63) is 18.0 Å². The van der Waals surface area contributed by atoms with Gasteiger partial charge in [0, 0.05) is 24.4 Å². The predicted molar refractivity (Wildman–Crippen MR) is 57.0 cm³/mol. The van der Waals surface area contributed by atoms with Crippen LogP contribution in [0.2, 0.25) is 0 Å². The van der Waals surface area contributed by atoms with Gasteiger partial charge in [0.05, 0.1) is 18.2 Å². The van der Waals surface area contributed by atoms with Gasteiger partial charge in [-0.3, -0.25) is 9.48 Å². The molecule has 16 heavy (non-hydrogen) atoms. The molecule has 2 heterocycles. The number of aromatic nitrogens is 2. The second-order valence-corrected chi connectivity index (χ2v) is 4.37. The van der Waals surface area contributed by atoms with E-state index in [2.05, 4.69) is 5.10 Å². The third kappa shape index (κ3) is 1.95. The summed E-state index contributed by atoms with van der Waals surface area (Å²) in [7, 11) is 0. The van der Waals surface area contributed by atoms with E-state index in [0.717, 1.165) is 5.56 Å². The minimum Gasteiger partial charge on any atom is -0.481 e. The minimum absolute atomic E-state index is 0.276. The van der Waals surface area contributed by atoms with Crippen LogP contribution in [0, 0.1) is 5.92 Å². The normalized spacial score (nSPS) is 25.2. The molecule has 0 aliphatic carbocycles. The minimum atomic E-state index is -0.792. The Morgan fingerprint density at radius 3 is 3.00 bits per heavy atom. The zero-order valence-electron chi connectivity index (χ0n) is 9.46. The predicted octanol–water partition coefficient (Wildman–Crippen LogP) is 1.63. The highest BCUT2D eigenvalue weighted by atomic mass is 16.5. The number of carbonyl (C=O) groups is 1. The van der Waals surface area contributed by atoms with Gasteiger partial charge < -0.3 is 9.84 Å². The first-order valence-electron chi connectivity index (χ1n) is 5.48. The summed E-state index contributed by atoms with van der Waals surface area (Å²) < 4.78 is 7.29. The molecule has 5 nitrogen and oxygen atoms in total. The molecule has 2 atom stereocenters. The van der Waals surface area contributed by atoms with Gasteiger partial charge >= 0.3 is 5.97 Å². The smallest absolute Gasteiger partial charge is 0.309 e. The van der Waals surface area contributed by atoms with Crippen LogP contribution < -0.4 is 0 Å². The Labute approximate surface area is 94.0 Å². The van der Waals surface area contributed by atoms with Crippen molar-refractivity contribution in [1.29, 1.82) is 0 Å². The number of rotatable bonds is 3. The molecule has 0 radical (unpaired) electrons. The van der Waals surface area contributed by atoms with Crippen molar-refractivity contribution in [3.63, 3.8) is 0 Å². The van der Waals surface area contributed by atoms with Crippen molar-refractivity contribution in [2.45, 2.75) is 32.4 Å². The summed E-state index contributed by atoms with van der Waals surface area (Å²) in [6, 6.07) is 0.276. The summed E-state index contributed by atoms with van der Waals surface area (Å²) in [5, 5.41) is 13.3. The Morgan fingerprint density at radius 1 is 1.69 bits per heavy atom. The van der Waals surface area contributed by atoms with E-state index < -0.39 is 11.9 Å². The van der Waals surface area contributed by atoms with Crippen LogP contribution >= 0.6 is 0 Å². The van der Waals surface area contributed by atoms with E-state index >= 15 is 0 Å². The number of carboxylic acids is 1. The first kappa shape index (κ1) is 11.1. The molecule has 1 N–H and O–H groups in total. The first-order valence-corrected chi connectivity index (χ1v) is 5.48. The van der Waals surface area contributed by atoms with Crippen molar-refractivity contribution in [3.8, 4) is 0 Å². The third-order valence-electron chi connectivity index (χ3n) is 2.89. The fraction of sp³-hybridized carbons (Fsp3) is 0.636. The lowest BCUT2D eigenvalue weighted by Gasteiger charge is -2.12. The number of ether oxygens (including phenoxy) is 1. The van der Waals surface area contributed by atoms with Crippen molar-refractivity contribution in [2.24, 2.45) is 5.92 Å². The maximum atomic E-state index is 11.0. The monoisotopic (exact) mass is 224 g/mol. The Morgan fingerprint density at radius 2 is 2.44 bits per heavy atom. The molecule has 0 unspecified atom stereocenters. The SMILES string of the molecule is CC(C)n1cc([C@@H]2OCC[C@H]2C(=O)O)cn1. The molecule has 1 saturated heterocycles. The van der Waals surface area contributed by atoms with Crippen LogP contribution in [0.4, 0.5) is 0 Å². The number of aliphatic carboxylic acids is 1. The number of carboxylic acid groups (broad SMARTS) is 1. The largest absolute Gasteiger partial charge is 0.481 e. The lowest BCUT2D eigenvalue weighted by molar-refractivity contribution is -0.143. The van der Waals surface area contributed by atoms with Gasteiger partial charge in [-0.05, 0) is 20.3 Å². The summed E-state index contributed by atoms with van der Waals surface area (Å²) in [4.78, 5) is 11.0. The summed E-state index contributed by atoms with van der Waals surface area (Å²) in [5.74, 6) is -1.23. The summed E-state index contributed by atoms with van der Waals surface area (Å²) in [5.41, 5.74) is 0.860. The van der Waals surface area contributed by atoms with Crippen molar-refractivity contribution in [1.82, 2.24) is 9.78 Å². The van der Waals surface area contributed by atoms with Crippen LogP contribution in [0.5, 0.6) is 0 Å². The van der Waals surface area contributed by atoms with E-state index in [4.69, 9.17) is 9.84 Å². The van der Waals surface area contributed by atoms with Gasteiger partial charge in [0.2, 0.25) is 0 Å². The van der Waals surface area contributed by atoms with Gasteiger partial charge in [-0.15, -0.1) is 0 Å². The molecule has 5 heteroatoms. The van der Waals surface area contributed by atoms with Crippen LogP contribution in [0.1, 0.15) is 38.0 Å². The Kier molecular flexibility index (Phi) is 2.96. The van der Waals surface area contributed by atoms with Crippen LogP contribution in [-0.2, 0) is 9.53 Å². The standard InChI is InChI=1S/C11H16N2O3/c1-7(2)13-6-8(5-12-13)10-9(11(14)15)3-4-16-10/h5-7,9-10H,3-4H2,1-2H3,(H,14,15)/t9-,10+/m1/s1. The van der Waals surface area contributed by atoms with E-state index in [9.17, 15) is 4.79 Å². The highest BCUT2D eigenvalue weighted by Crippen LogP contribution is 2.34. The molecule has 1 aliphatic rings. The maximum Gasteiger partial charge on any atom is 0.309 e. The molecule has 1 aromatic rings. The fourth-order valence-electron chi connectivity index (χ4n) is 1.95. The van der Waals surface area contributed by atoms with Gasteiger partial charge in [0.25, 0.3) is 0 Å². The molecule has 2 rings (SSSR count). The van der Waals surface area contributed by atoms with Gasteiger partial charge in [0.15, 0.2) is 0 Å². The average molecular weight is 224 g/mol. The molecule has 0 amide bonds. The number of hydrogen-bond donors (Lipinski definition) is 1. The Hall–Kier alpha value is -1.36. The van der Waals surface area contributed by atoms with E-state index in [1.54, 1.807) is 6.20 Å². The average Bonchev–Trinajstić information content (AvgIpc) is 2.86. The van der Waals surface area contributed by atoms with E-state index in [1.165, 1.54) is 0 Å². The Bertz CT molecular complexity index is 386. The van der Waals surface area contributed by atoms with Crippen molar-refractivity contribution < 1.29 is 14.6 Å². The van der Waals surface area contributed by atoms with Crippen LogP contribution in [0.15, 0.2) is 12.4 Å². The molecule has 1 fully saturated rings. The van der Waals surface area contributed by atoms with Gasteiger partial charge in [-0.2, -0.15) is 5.10 Å². The van der Waals surface area contributed by atoms with Crippen LogP contribution in [0.3, 0.4) is 0 Å². The summed E-state index contributed by atoms with van der Waals surface area (Å²) in [6.07, 6.45) is 3.81. The lowest BCUT2D eigenvalue weighted by atomic mass is 9.98. The van der Waals surface area contributed by atoms with Crippen LogP contribution in [-0.4, -0.2) is 27.5 Å². The van der Waals surface area contributed by atoms with Crippen molar-refractivity contribution >= 4 is 5.97 Å². The topological polar surface area (TPSA) is 64.3 Å². The molecular formula is C11H16N2O3. The van der Waals surface area contributed by atoms with Gasteiger partial charge in [0.1, 0.15) is 0 Å². The fourth-order valence-corrected chi connectivity index (χ4v) is 1.95. The number of hydrogen-bond acceptors (Lipinski definition) is 3. The quantitative estimate of drug-likeness (QED) is 0.847. The van der Waals surface area contributed by atoms with E-state index in [1.807, 2.05) is 24.7 Å². The maximum absolute atomic E-state index is 11.0. The molecule has 0 saturated carbocycles. The molecule has 1 aromatic heterocycles. The molecule has 1 aliphatic heterocycles. The highest BCUT2D eigenvalue weighted by Gasteiger charge is 2.35. The Balaban J connectivity index is 2.19. The van der Waals surface area contributed by atoms with E-state index in [0.29, 0.717) is 13.0 Å². The molecular weight excluding hydrogens is 208 g/mol. The van der Waals surface area contributed by atoms with Crippen LogP contribution in [0.25, 0.3) is 0 Å². The zero-order chi connectivity index (χ0) is 11.7. The third-order valence-corrected chi connectivity index (χ3v) is 2.89. The molecule has 0 bridgehead atoms. The van der Waals surface area contributed by atoms with Gasteiger partial charge in [-0.1, -0.05) is 0 Å². The molecule has 0 spiro atoms. The number of nitrogens with zero attached hydrogens (tertiary/aromatic N) is 2. The molecule has 88 valence electrons. The second-order valence-electron chi connectivity index (χ2n) is 4.37. The van der Waals surface area contributed by atoms with E-state index in [-0.39, 0.29) is 12.1 Å². The highest BCUT2D eigenvalue weighted by molar-refractivity contribution is 5.71. The first-order chi connectivity index (χ1) is 7.59. The zero-order valence-corrected chi connectivity index (χ0v) is 9.46. The summed E-state index contributed by atoms with van der Waals surface area (Å²) >= 11 is 0.